The molecule has 0 saturated carbocycles. The van der Waals surface area contributed by atoms with E-state index < -0.39 is 6.61 Å². The average molecular weight is 214 g/mol. The van der Waals surface area contributed by atoms with Crippen LogP contribution in [0.5, 0.6) is 0 Å². The Morgan fingerprint density at radius 2 is 2.00 bits per heavy atom. The smallest absolute Gasteiger partial charge is 0.245 e. The van der Waals surface area contributed by atoms with Gasteiger partial charge in [0.2, 0.25) is 11.8 Å². The van der Waals surface area contributed by atoms with Gasteiger partial charge in [0.1, 0.15) is 6.61 Å². The van der Waals surface area contributed by atoms with E-state index in [-0.39, 0.29) is 17.9 Å². The summed E-state index contributed by atoms with van der Waals surface area (Å²) in [4.78, 5) is 24.1. The van der Waals surface area contributed by atoms with Crippen molar-refractivity contribution in [3.05, 3.63) is 0 Å². The van der Waals surface area contributed by atoms with Crippen LogP contribution in [-0.2, 0) is 9.59 Å². The first-order valence-electron chi connectivity index (χ1n) is 5.35. The zero-order chi connectivity index (χ0) is 11.3. The van der Waals surface area contributed by atoms with Crippen molar-refractivity contribution in [3.63, 3.8) is 0 Å². The summed E-state index contributed by atoms with van der Waals surface area (Å²) in [5, 5.41) is 11.3. The molecular formula is C10H18N2O3. The lowest BCUT2D eigenvalue weighted by atomic mass is 10.0. The van der Waals surface area contributed by atoms with E-state index in [2.05, 4.69) is 5.32 Å². The summed E-state index contributed by atoms with van der Waals surface area (Å²) in [6, 6.07) is 0.102. The Kier molecular flexibility index (Phi) is 4.55. The lowest BCUT2D eigenvalue weighted by Crippen LogP contribution is -2.47. The normalized spacial score (nSPS) is 17.6. The molecule has 0 aliphatic carbocycles. The van der Waals surface area contributed by atoms with Gasteiger partial charge in [-0.2, -0.15) is 0 Å². The largest absolute Gasteiger partial charge is 0.387 e. The molecule has 0 radical (unpaired) electrons. The lowest BCUT2D eigenvalue weighted by Gasteiger charge is -2.32. The number of carbonyl (C=O) groups is 2. The monoisotopic (exact) mass is 214 g/mol. The molecule has 0 aromatic heterocycles. The van der Waals surface area contributed by atoms with Crippen molar-refractivity contribution in [2.45, 2.75) is 32.2 Å². The van der Waals surface area contributed by atoms with E-state index >= 15 is 0 Å². The van der Waals surface area contributed by atoms with Crippen molar-refractivity contribution in [2.75, 3.05) is 19.7 Å². The first kappa shape index (κ1) is 12.0. The zero-order valence-corrected chi connectivity index (χ0v) is 9.03. The van der Waals surface area contributed by atoms with E-state index in [9.17, 15) is 9.59 Å². The van der Waals surface area contributed by atoms with E-state index in [1.165, 1.54) is 0 Å². The van der Waals surface area contributed by atoms with Crippen molar-refractivity contribution in [1.82, 2.24) is 10.2 Å². The molecular weight excluding hydrogens is 196 g/mol. The predicted molar refractivity (Wildman–Crippen MR) is 55.1 cm³/mol. The number of amides is 2. The molecule has 1 rings (SSSR count). The predicted octanol–water partition coefficient (Wildman–Crippen LogP) is -0.504. The number of aliphatic hydroxyl groups is 1. The molecule has 0 aromatic rings. The molecule has 0 bridgehead atoms. The van der Waals surface area contributed by atoms with Gasteiger partial charge < -0.3 is 15.3 Å². The minimum Gasteiger partial charge on any atom is -0.387 e. The van der Waals surface area contributed by atoms with Gasteiger partial charge in [0.05, 0.1) is 0 Å². The van der Waals surface area contributed by atoms with Gasteiger partial charge in [0, 0.05) is 25.6 Å². The second-order valence-corrected chi connectivity index (χ2v) is 3.73. The number of carbonyl (C=O) groups excluding carboxylic acids is 2. The highest BCUT2D eigenvalue weighted by Gasteiger charge is 2.22. The Labute approximate surface area is 89.4 Å². The lowest BCUT2D eigenvalue weighted by molar-refractivity contribution is -0.132. The third-order valence-corrected chi connectivity index (χ3v) is 2.66. The van der Waals surface area contributed by atoms with Crippen LogP contribution in [0.1, 0.15) is 26.2 Å². The molecule has 1 saturated heterocycles. The number of aliphatic hydroxyl groups excluding tert-OH is 1. The van der Waals surface area contributed by atoms with Gasteiger partial charge in [-0.3, -0.25) is 9.59 Å². The molecule has 1 aliphatic rings. The van der Waals surface area contributed by atoms with Crippen LogP contribution in [0.15, 0.2) is 0 Å². The van der Waals surface area contributed by atoms with E-state index in [0.717, 1.165) is 12.8 Å². The van der Waals surface area contributed by atoms with Crippen LogP contribution in [0.3, 0.4) is 0 Å². The number of hydrogen-bond acceptors (Lipinski definition) is 3. The fraction of sp³-hybridized carbons (Fsp3) is 0.800. The summed E-state index contributed by atoms with van der Waals surface area (Å²) in [6.45, 7) is 2.78. The number of rotatable bonds is 3. The van der Waals surface area contributed by atoms with Crippen LogP contribution in [0.2, 0.25) is 0 Å². The first-order chi connectivity index (χ1) is 7.17. The molecule has 0 unspecified atom stereocenters. The number of nitrogens with zero attached hydrogens (tertiary/aromatic N) is 1. The molecule has 5 nitrogen and oxygen atoms in total. The highest BCUT2D eigenvalue weighted by atomic mass is 16.3. The SMILES string of the molecule is CCC(=O)N1CCC(NC(=O)CO)CC1. The average Bonchev–Trinajstić information content (AvgIpc) is 2.29. The van der Waals surface area contributed by atoms with Crippen LogP contribution in [0, 0.1) is 0 Å². The van der Waals surface area contributed by atoms with Crippen LogP contribution in [0.25, 0.3) is 0 Å². The Morgan fingerprint density at radius 1 is 1.40 bits per heavy atom. The Morgan fingerprint density at radius 3 is 2.47 bits per heavy atom. The molecule has 15 heavy (non-hydrogen) atoms. The van der Waals surface area contributed by atoms with Gasteiger partial charge in [0.15, 0.2) is 0 Å². The molecule has 0 atom stereocenters. The first-order valence-corrected chi connectivity index (χ1v) is 5.35. The maximum absolute atomic E-state index is 11.4. The summed E-state index contributed by atoms with van der Waals surface area (Å²) in [7, 11) is 0. The maximum Gasteiger partial charge on any atom is 0.245 e. The van der Waals surface area contributed by atoms with Crippen LogP contribution < -0.4 is 5.32 Å². The fourth-order valence-electron chi connectivity index (χ4n) is 1.77. The third kappa shape index (κ3) is 3.51. The van der Waals surface area contributed by atoms with Crippen molar-refractivity contribution < 1.29 is 14.7 Å². The topological polar surface area (TPSA) is 69.6 Å². The number of piperidine rings is 1. The molecule has 86 valence electrons. The second kappa shape index (κ2) is 5.70. The van der Waals surface area contributed by atoms with Crippen LogP contribution in [-0.4, -0.2) is 47.6 Å². The van der Waals surface area contributed by atoms with Crippen molar-refractivity contribution in [2.24, 2.45) is 0 Å². The van der Waals surface area contributed by atoms with Crippen molar-refractivity contribution >= 4 is 11.8 Å². The number of nitrogens with one attached hydrogen (secondary N) is 1. The van der Waals surface area contributed by atoms with E-state index in [1.807, 2.05) is 11.8 Å². The summed E-state index contributed by atoms with van der Waals surface area (Å²) >= 11 is 0. The van der Waals surface area contributed by atoms with Crippen molar-refractivity contribution in [3.8, 4) is 0 Å². The summed E-state index contributed by atoms with van der Waals surface area (Å²) in [5.74, 6) is -0.169. The standard InChI is InChI=1S/C10H18N2O3/c1-2-10(15)12-5-3-8(4-6-12)11-9(14)7-13/h8,13H,2-7H2,1H3,(H,11,14). The van der Waals surface area contributed by atoms with Gasteiger partial charge in [-0.1, -0.05) is 6.92 Å². The minimum absolute atomic E-state index is 0.102. The fourth-order valence-corrected chi connectivity index (χ4v) is 1.77. The van der Waals surface area contributed by atoms with Crippen molar-refractivity contribution in [1.29, 1.82) is 0 Å². The summed E-state index contributed by atoms with van der Waals surface area (Å²) in [5.41, 5.74) is 0. The van der Waals surface area contributed by atoms with E-state index in [0.29, 0.717) is 19.5 Å². The molecule has 0 aromatic carbocycles. The second-order valence-electron chi connectivity index (χ2n) is 3.73. The zero-order valence-electron chi connectivity index (χ0n) is 9.03. The molecule has 2 N–H and O–H groups in total. The molecule has 5 heteroatoms. The van der Waals surface area contributed by atoms with Gasteiger partial charge in [-0.15, -0.1) is 0 Å². The van der Waals surface area contributed by atoms with E-state index in [4.69, 9.17) is 5.11 Å². The quantitative estimate of drug-likeness (QED) is 0.665. The molecule has 2 amide bonds. The third-order valence-electron chi connectivity index (χ3n) is 2.66. The summed E-state index contributed by atoms with van der Waals surface area (Å²) < 4.78 is 0. The van der Waals surface area contributed by atoms with E-state index in [1.54, 1.807) is 0 Å². The Balaban J connectivity index is 2.29. The van der Waals surface area contributed by atoms with Gasteiger partial charge in [-0.05, 0) is 12.8 Å². The number of hydrogen-bond donors (Lipinski definition) is 2. The van der Waals surface area contributed by atoms with Gasteiger partial charge >= 0.3 is 0 Å². The molecule has 1 fully saturated rings. The Hall–Kier alpha value is -1.10. The maximum atomic E-state index is 11.4. The Bertz CT molecular complexity index is 235. The highest BCUT2D eigenvalue weighted by Crippen LogP contribution is 2.11. The molecule has 1 aliphatic heterocycles. The number of likely N-dealkylation sites (tertiary alicyclic amines) is 1. The molecule has 1 heterocycles. The molecule has 0 spiro atoms. The highest BCUT2D eigenvalue weighted by molar-refractivity contribution is 5.77. The van der Waals surface area contributed by atoms with Gasteiger partial charge in [-0.25, -0.2) is 0 Å². The minimum atomic E-state index is -0.464. The van der Waals surface area contributed by atoms with Crippen LogP contribution >= 0.6 is 0 Å². The summed E-state index contributed by atoms with van der Waals surface area (Å²) in [6.07, 6.45) is 2.09. The van der Waals surface area contributed by atoms with Gasteiger partial charge in [0.25, 0.3) is 0 Å². The van der Waals surface area contributed by atoms with Crippen LogP contribution in [0.4, 0.5) is 0 Å².